The Kier molecular flexibility index (Phi) is 3.92. The summed E-state index contributed by atoms with van der Waals surface area (Å²) in [6.07, 6.45) is 2.64. The number of fused-ring (bicyclic) bond motifs is 1. The zero-order chi connectivity index (χ0) is 16.2. The van der Waals surface area contributed by atoms with Crippen LogP contribution in [-0.4, -0.2) is 17.7 Å². The highest BCUT2D eigenvalue weighted by atomic mass is 16.7. The maximum atomic E-state index is 11.8. The van der Waals surface area contributed by atoms with Gasteiger partial charge in [0, 0.05) is 24.3 Å². The molecule has 7 heteroatoms. The van der Waals surface area contributed by atoms with Gasteiger partial charge in [0.15, 0.2) is 11.5 Å². The van der Waals surface area contributed by atoms with Crippen molar-refractivity contribution in [2.45, 2.75) is 0 Å². The van der Waals surface area contributed by atoms with Gasteiger partial charge in [0.2, 0.25) is 6.79 Å². The number of esters is 1. The van der Waals surface area contributed by atoms with Crippen molar-refractivity contribution in [2.75, 3.05) is 6.79 Å². The predicted molar refractivity (Wildman–Crippen MR) is 80.3 cm³/mol. The number of carbonyl (C=O) groups excluding carboxylic acids is 1. The van der Waals surface area contributed by atoms with Crippen LogP contribution in [0.5, 0.6) is 17.2 Å². The molecule has 0 fully saturated rings. The van der Waals surface area contributed by atoms with Gasteiger partial charge in [0.05, 0.1) is 4.92 Å². The van der Waals surface area contributed by atoms with Crippen LogP contribution in [0.1, 0.15) is 5.56 Å². The first-order chi connectivity index (χ1) is 11.1. The SMILES string of the molecule is O=C(C=Cc1cccc([N+](=O)[O-])c1)Oc1ccc2c(c1)OCO2. The predicted octanol–water partition coefficient (Wildman–Crippen LogP) is 2.94. The smallest absolute Gasteiger partial charge is 0.336 e. The Morgan fingerprint density at radius 1 is 1.17 bits per heavy atom. The molecule has 0 spiro atoms. The minimum atomic E-state index is -0.602. The van der Waals surface area contributed by atoms with Gasteiger partial charge in [-0.1, -0.05) is 12.1 Å². The summed E-state index contributed by atoms with van der Waals surface area (Å²) in [5, 5.41) is 10.7. The lowest BCUT2D eigenvalue weighted by Gasteiger charge is -2.02. The number of nitro benzene ring substituents is 1. The Bertz CT molecular complexity index is 799. The van der Waals surface area contributed by atoms with E-state index in [0.29, 0.717) is 22.8 Å². The highest BCUT2D eigenvalue weighted by Gasteiger charge is 2.14. The maximum Gasteiger partial charge on any atom is 0.336 e. The van der Waals surface area contributed by atoms with Crippen LogP contribution < -0.4 is 14.2 Å². The van der Waals surface area contributed by atoms with Crippen molar-refractivity contribution in [2.24, 2.45) is 0 Å². The Morgan fingerprint density at radius 3 is 2.83 bits per heavy atom. The van der Waals surface area contributed by atoms with E-state index in [2.05, 4.69) is 0 Å². The van der Waals surface area contributed by atoms with Crippen molar-refractivity contribution >= 4 is 17.7 Å². The molecule has 0 bridgehead atoms. The second-order valence-electron chi connectivity index (χ2n) is 4.62. The number of carbonyl (C=O) groups is 1. The molecule has 0 amide bonds. The van der Waals surface area contributed by atoms with Gasteiger partial charge in [-0.15, -0.1) is 0 Å². The Hall–Kier alpha value is -3.35. The molecule has 1 aliphatic heterocycles. The molecule has 7 nitrogen and oxygen atoms in total. The zero-order valence-electron chi connectivity index (χ0n) is 11.8. The lowest BCUT2D eigenvalue weighted by atomic mass is 10.2. The van der Waals surface area contributed by atoms with Gasteiger partial charge in [-0.2, -0.15) is 0 Å². The molecule has 3 rings (SSSR count). The van der Waals surface area contributed by atoms with Crippen LogP contribution in [0.15, 0.2) is 48.5 Å². The standard InChI is InChI=1S/C16H11NO6/c18-16(7-4-11-2-1-3-12(8-11)17(19)20)23-13-5-6-14-15(9-13)22-10-21-14/h1-9H,10H2. The molecule has 23 heavy (non-hydrogen) atoms. The van der Waals surface area contributed by atoms with Crippen LogP contribution >= 0.6 is 0 Å². The molecule has 2 aromatic carbocycles. The van der Waals surface area contributed by atoms with E-state index in [1.54, 1.807) is 30.3 Å². The van der Waals surface area contributed by atoms with E-state index in [4.69, 9.17) is 14.2 Å². The highest BCUT2D eigenvalue weighted by Crippen LogP contribution is 2.35. The molecule has 0 aliphatic carbocycles. The number of ether oxygens (including phenoxy) is 3. The molecule has 1 aliphatic rings. The molecular weight excluding hydrogens is 302 g/mol. The van der Waals surface area contributed by atoms with Gasteiger partial charge < -0.3 is 14.2 Å². The summed E-state index contributed by atoms with van der Waals surface area (Å²) in [4.78, 5) is 22.0. The first kappa shape index (κ1) is 14.6. The van der Waals surface area contributed by atoms with Crippen LogP contribution in [-0.2, 0) is 4.79 Å². The lowest BCUT2D eigenvalue weighted by Crippen LogP contribution is -2.03. The van der Waals surface area contributed by atoms with Crippen molar-refractivity contribution in [1.29, 1.82) is 0 Å². The minimum Gasteiger partial charge on any atom is -0.454 e. The summed E-state index contributed by atoms with van der Waals surface area (Å²) >= 11 is 0. The van der Waals surface area contributed by atoms with E-state index >= 15 is 0 Å². The second kappa shape index (κ2) is 6.18. The Balaban J connectivity index is 1.67. The average Bonchev–Trinajstić information content (AvgIpc) is 3.01. The fourth-order valence-corrected chi connectivity index (χ4v) is 2.00. The third-order valence-corrected chi connectivity index (χ3v) is 3.06. The topological polar surface area (TPSA) is 87.9 Å². The van der Waals surface area contributed by atoms with Gasteiger partial charge in [-0.3, -0.25) is 10.1 Å². The summed E-state index contributed by atoms with van der Waals surface area (Å²) in [7, 11) is 0. The monoisotopic (exact) mass is 313 g/mol. The number of benzene rings is 2. The van der Waals surface area contributed by atoms with Gasteiger partial charge in [0.1, 0.15) is 5.75 Å². The number of hydrogen-bond acceptors (Lipinski definition) is 6. The fourth-order valence-electron chi connectivity index (χ4n) is 2.00. The van der Waals surface area contributed by atoms with Crippen molar-refractivity contribution in [3.63, 3.8) is 0 Å². The van der Waals surface area contributed by atoms with Crippen LogP contribution in [0.2, 0.25) is 0 Å². The summed E-state index contributed by atoms with van der Waals surface area (Å²) in [5.41, 5.74) is 0.484. The second-order valence-corrected chi connectivity index (χ2v) is 4.62. The Morgan fingerprint density at radius 2 is 2.00 bits per heavy atom. The quantitative estimate of drug-likeness (QED) is 0.283. The fraction of sp³-hybridized carbons (Fsp3) is 0.0625. The summed E-state index contributed by atoms with van der Waals surface area (Å²) in [6.45, 7) is 0.138. The van der Waals surface area contributed by atoms with Crippen molar-refractivity contribution in [3.05, 3.63) is 64.2 Å². The molecule has 2 aromatic rings. The van der Waals surface area contributed by atoms with Crippen LogP contribution in [0.4, 0.5) is 5.69 Å². The van der Waals surface area contributed by atoms with E-state index in [0.717, 1.165) is 0 Å². The van der Waals surface area contributed by atoms with Gasteiger partial charge in [-0.05, 0) is 23.8 Å². The minimum absolute atomic E-state index is 0.0451. The van der Waals surface area contributed by atoms with Crippen LogP contribution in [0.3, 0.4) is 0 Å². The van der Waals surface area contributed by atoms with Crippen molar-refractivity contribution < 1.29 is 23.9 Å². The molecule has 0 atom stereocenters. The third-order valence-electron chi connectivity index (χ3n) is 3.06. The lowest BCUT2D eigenvalue weighted by molar-refractivity contribution is -0.384. The molecule has 0 aromatic heterocycles. The molecule has 0 saturated heterocycles. The largest absolute Gasteiger partial charge is 0.454 e. The molecule has 0 N–H and O–H groups in total. The molecule has 0 saturated carbocycles. The number of nitrogens with zero attached hydrogens (tertiary/aromatic N) is 1. The number of hydrogen-bond donors (Lipinski definition) is 0. The van der Waals surface area contributed by atoms with Crippen molar-refractivity contribution in [3.8, 4) is 17.2 Å². The summed E-state index contributed by atoms with van der Waals surface area (Å²) < 4.78 is 15.5. The number of nitro groups is 1. The summed E-state index contributed by atoms with van der Waals surface area (Å²) in [5.74, 6) is 0.827. The van der Waals surface area contributed by atoms with Crippen molar-refractivity contribution in [1.82, 2.24) is 0 Å². The molecule has 0 radical (unpaired) electrons. The van der Waals surface area contributed by atoms with Gasteiger partial charge >= 0.3 is 5.97 Å². The van der Waals surface area contributed by atoms with Crippen LogP contribution in [0.25, 0.3) is 6.08 Å². The van der Waals surface area contributed by atoms with E-state index in [1.165, 1.54) is 24.3 Å². The third kappa shape index (κ3) is 3.46. The normalized spacial score (nSPS) is 12.3. The maximum absolute atomic E-state index is 11.8. The first-order valence-corrected chi connectivity index (χ1v) is 6.66. The number of non-ortho nitro benzene ring substituents is 1. The molecule has 1 heterocycles. The highest BCUT2D eigenvalue weighted by molar-refractivity contribution is 5.88. The summed E-state index contributed by atoms with van der Waals surface area (Å²) in [6, 6.07) is 10.7. The molecular formula is C16H11NO6. The molecule has 116 valence electrons. The van der Waals surface area contributed by atoms with Gasteiger partial charge in [-0.25, -0.2) is 4.79 Å². The number of rotatable bonds is 4. The zero-order valence-corrected chi connectivity index (χ0v) is 11.8. The average molecular weight is 313 g/mol. The van der Waals surface area contributed by atoms with E-state index < -0.39 is 10.9 Å². The van der Waals surface area contributed by atoms with Gasteiger partial charge in [0.25, 0.3) is 5.69 Å². The Labute approximate surface area is 130 Å². The van der Waals surface area contributed by atoms with Crippen LogP contribution in [0, 0.1) is 10.1 Å². The molecule has 0 unspecified atom stereocenters. The van der Waals surface area contributed by atoms with E-state index in [1.807, 2.05) is 0 Å². The van der Waals surface area contributed by atoms with E-state index in [-0.39, 0.29) is 12.5 Å². The van der Waals surface area contributed by atoms with E-state index in [9.17, 15) is 14.9 Å². The first-order valence-electron chi connectivity index (χ1n) is 6.66.